The molecule has 0 bridgehead atoms. The summed E-state index contributed by atoms with van der Waals surface area (Å²) in [6.45, 7) is 3.87. The van der Waals surface area contributed by atoms with Crippen LogP contribution in [0.4, 0.5) is 13.2 Å². The first-order valence-electron chi connectivity index (χ1n) is 6.09. The van der Waals surface area contributed by atoms with Crippen LogP contribution in [0.3, 0.4) is 0 Å². The van der Waals surface area contributed by atoms with E-state index in [1.807, 2.05) is 0 Å². The van der Waals surface area contributed by atoms with E-state index in [1.54, 1.807) is 6.92 Å². The van der Waals surface area contributed by atoms with E-state index < -0.39 is 11.9 Å². The highest BCUT2D eigenvalue weighted by atomic mass is 19.4. The fourth-order valence-electron chi connectivity index (χ4n) is 1.43. The van der Waals surface area contributed by atoms with Gasteiger partial charge in [0.25, 0.3) is 0 Å². The maximum absolute atomic E-state index is 12.6. The zero-order valence-corrected chi connectivity index (χ0v) is 11.3. The molecule has 0 unspecified atom stereocenters. The molecule has 0 atom stereocenters. The Balaban J connectivity index is 2.60. The molecule has 0 aliphatic rings. The zero-order chi connectivity index (χ0) is 15.2. The molecule has 0 aliphatic heterocycles. The van der Waals surface area contributed by atoms with Crippen LogP contribution in [-0.2, 0) is 22.3 Å². The Bertz CT molecular complexity index is 464. The molecule has 1 aromatic heterocycles. The monoisotopic (exact) mass is 291 g/mol. The number of ether oxygens (including phenoxy) is 1. The van der Waals surface area contributed by atoms with Crippen LogP contribution in [-0.4, -0.2) is 29.1 Å². The molecular formula is C12H16F3N3O2. The number of rotatable bonds is 6. The normalized spacial score (nSPS) is 11.4. The lowest BCUT2D eigenvalue weighted by Gasteiger charge is -2.09. The minimum absolute atomic E-state index is 0.0675. The molecule has 0 fully saturated rings. The van der Waals surface area contributed by atoms with Gasteiger partial charge in [-0.2, -0.15) is 13.2 Å². The first-order chi connectivity index (χ1) is 9.32. The minimum Gasteiger partial charge on any atom is -0.381 e. The molecule has 1 N–H and O–H groups in total. The maximum Gasteiger partial charge on any atom is 0.433 e. The number of carbonyl (C=O) groups is 1. The minimum atomic E-state index is -4.53. The van der Waals surface area contributed by atoms with Crippen molar-refractivity contribution in [3.05, 3.63) is 23.3 Å². The van der Waals surface area contributed by atoms with Crippen LogP contribution in [0.25, 0.3) is 0 Å². The lowest BCUT2D eigenvalue weighted by atomic mass is 10.3. The van der Waals surface area contributed by atoms with Gasteiger partial charge in [0.15, 0.2) is 0 Å². The second-order valence-corrected chi connectivity index (χ2v) is 4.03. The number of hydrogen-bond donors (Lipinski definition) is 1. The van der Waals surface area contributed by atoms with Crippen LogP contribution in [0.1, 0.15) is 30.6 Å². The predicted molar refractivity (Wildman–Crippen MR) is 64.7 cm³/mol. The first-order valence-corrected chi connectivity index (χ1v) is 6.09. The van der Waals surface area contributed by atoms with Gasteiger partial charge in [-0.05, 0) is 19.9 Å². The van der Waals surface area contributed by atoms with E-state index in [-0.39, 0.29) is 37.0 Å². The Morgan fingerprint density at radius 2 is 2.10 bits per heavy atom. The van der Waals surface area contributed by atoms with E-state index in [1.165, 1.54) is 6.92 Å². The van der Waals surface area contributed by atoms with Crippen molar-refractivity contribution < 1.29 is 22.7 Å². The quantitative estimate of drug-likeness (QED) is 0.812. The average molecular weight is 291 g/mol. The third-order valence-electron chi connectivity index (χ3n) is 2.31. The van der Waals surface area contributed by atoms with Crippen molar-refractivity contribution in [2.24, 2.45) is 0 Å². The number of nitrogens with one attached hydrogen (secondary N) is 1. The van der Waals surface area contributed by atoms with E-state index in [9.17, 15) is 18.0 Å². The topological polar surface area (TPSA) is 64.1 Å². The molecule has 0 saturated carbocycles. The van der Waals surface area contributed by atoms with Crippen molar-refractivity contribution in [2.45, 2.75) is 33.0 Å². The number of aromatic nitrogens is 2. The SMILES string of the molecule is CCOCCC(=O)NCc1nc(C)cc(C(F)(F)F)n1. The standard InChI is InChI=1S/C12H16F3N3O2/c1-3-20-5-4-11(19)16-7-10-17-8(2)6-9(18-10)12(13,14)15/h6H,3-5,7H2,1-2H3,(H,16,19). The van der Waals surface area contributed by atoms with Gasteiger partial charge in [0.1, 0.15) is 11.5 Å². The van der Waals surface area contributed by atoms with Gasteiger partial charge in [-0.15, -0.1) is 0 Å². The fourth-order valence-corrected chi connectivity index (χ4v) is 1.43. The molecule has 8 heteroatoms. The molecule has 0 aromatic carbocycles. The van der Waals surface area contributed by atoms with Gasteiger partial charge in [0.2, 0.25) is 5.91 Å². The molecule has 1 rings (SSSR count). The molecule has 1 aromatic rings. The third-order valence-corrected chi connectivity index (χ3v) is 2.31. The maximum atomic E-state index is 12.6. The number of nitrogens with zero attached hydrogens (tertiary/aromatic N) is 2. The van der Waals surface area contributed by atoms with E-state index in [4.69, 9.17) is 4.74 Å². The number of carbonyl (C=O) groups excluding carboxylic acids is 1. The summed E-state index contributed by atoms with van der Waals surface area (Å²) in [5.74, 6) is -0.390. The molecule has 0 radical (unpaired) electrons. The summed E-state index contributed by atoms with van der Waals surface area (Å²) in [5, 5.41) is 2.45. The third kappa shape index (κ3) is 5.52. The van der Waals surface area contributed by atoms with Crippen LogP contribution in [0.15, 0.2) is 6.07 Å². The van der Waals surface area contributed by atoms with E-state index in [2.05, 4.69) is 15.3 Å². The average Bonchev–Trinajstić information content (AvgIpc) is 2.35. The van der Waals surface area contributed by atoms with Crippen molar-refractivity contribution in [2.75, 3.05) is 13.2 Å². The van der Waals surface area contributed by atoms with Crippen LogP contribution in [0.5, 0.6) is 0 Å². The van der Waals surface area contributed by atoms with Crippen molar-refractivity contribution in [3.8, 4) is 0 Å². The van der Waals surface area contributed by atoms with Gasteiger partial charge >= 0.3 is 6.18 Å². The van der Waals surface area contributed by atoms with Crippen molar-refractivity contribution >= 4 is 5.91 Å². The van der Waals surface area contributed by atoms with Gasteiger partial charge in [0.05, 0.1) is 13.2 Å². The molecule has 0 spiro atoms. The Kier molecular flexibility index (Phi) is 5.87. The Morgan fingerprint density at radius 1 is 1.40 bits per heavy atom. The van der Waals surface area contributed by atoms with Gasteiger partial charge in [-0.3, -0.25) is 4.79 Å². The smallest absolute Gasteiger partial charge is 0.381 e. The lowest BCUT2D eigenvalue weighted by Crippen LogP contribution is -2.25. The molecule has 1 amide bonds. The van der Waals surface area contributed by atoms with Gasteiger partial charge in [-0.1, -0.05) is 0 Å². The summed E-state index contributed by atoms with van der Waals surface area (Å²) in [6, 6.07) is 0.862. The first kappa shape index (κ1) is 16.4. The summed E-state index contributed by atoms with van der Waals surface area (Å²) in [7, 11) is 0. The Labute approximate surface area is 114 Å². The van der Waals surface area contributed by atoms with E-state index in [0.29, 0.717) is 6.61 Å². The predicted octanol–water partition coefficient (Wildman–Crippen LogP) is 1.85. The largest absolute Gasteiger partial charge is 0.433 e. The zero-order valence-electron chi connectivity index (χ0n) is 11.3. The van der Waals surface area contributed by atoms with Gasteiger partial charge in [-0.25, -0.2) is 9.97 Å². The summed E-state index contributed by atoms with van der Waals surface area (Å²) >= 11 is 0. The number of aryl methyl sites for hydroxylation is 1. The summed E-state index contributed by atoms with van der Waals surface area (Å²) in [4.78, 5) is 18.6. The molecule has 1 heterocycles. The highest BCUT2D eigenvalue weighted by molar-refractivity contribution is 5.75. The summed E-state index contributed by atoms with van der Waals surface area (Å²) in [6.07, 6.45) is -4.38. The second-order valence-electron chi connectivity index (χ2n) is 4.03. The molecule has 0 saturated heterocycles. The molecule has 0 aliphatic carbocycles. The number of alkyl halides is 3. The van der Waals surface area contributed by atoms with Crippen molar-refractivity contribution in [1.82, 2.24) is 15.3 Å². The number of halogens is 3. The van der Waals surface area contributed by atoms with Crippen molar-refractivity contribution in [3.63, 3.8) is 0 Å². The van der Waals surface area contributed by atoms with Crippen LogP contribution in [0.2, 0.25) is 0 Å². The number of amides is 1. The highest BCUT2D eigenvalue weighted by Crippen LogP contribution is 2.27. The molecule has 112 valence electrons. The molecular weight excluding hydrogens is 275 g/mol. The lowest BCUT2D eigenvalue weighted by molar-refractivity contribution is -0.141. The second kappa shape index (κ2) is 7.18. The molecule has 5 nitrogen and oxygen atoms in total. The van der Waals surface area contributed by atoms with Crippen LogP contribution >= 0.6 is 0 Å². The van der Waals surface area contributed by atoms with Crippen LogP contribution in [0, 0.1) is 6.92 Å². The summed E-state index contributed by atoms with van der Waals surface area (Å²) in [5.41, 5.74) is -0.811. The Morgan fingerprint density at radius 3 is 2.70 bits per heavy atom. The van der Waals surface area contributed by atoms with E-state index in [0.717, 1.165) is 6.07 Å². The van der Waals surface area contributed by atoms with Crippen LogP contribution < -0.4 is 5.32 Å². The van der Waals surface area contributed by atoms with Gasteiger partial charge in [0, 0.05) is 18.7 Å². The molecule has 20 heavy (non-hydrogen) atoms. The van der Waals surface area contributed by atoms with Crippen molar-refractivity contribution in [1.29, 1.82) is 0 Å². The van der Waals surface area contributed by atoms with Gasteiger partial charge < -0.3 is 10.1 Å². The highest BCUT2D eigenvalue weighted by Gasteiger charge is 2.33. The number of hydrogen-bond acceptors (Lipinski definition) is 4. The Hall–Kier alpha value is -1.70. The van der Waals surface area contributed by atoms with E-state index >= 15 is 0 Å². The summed E-state index contributed by atoms with van der Waals surface area (Å²) < 4.78 is 42.7. The fraction of sp³-hybridized carbons (Fsp3) is 0.583.